The molecule has 1 aliphatic carbocycles. The molecule has 0 amide bonds. The van der Waals surface area contributed by atoms with Crippen LogP contribution >= 0.6 is 0 Å². The molecule has 8 bridgehead atoms. The zero-order valence-corrected chi connectivity index (χ0v) is 54.4. The van der Waals surface area contributed by atoms with Crippen LogP contribution in [0.3, 0.4) is 0 Å². The van der Waals surface area contributed by atoms with Crippen LogP contribution < -0.4 is 18.9 Å². The summed E-state index contributed by atoms with van der Waals surface area (Å²) in [6.07, 6.45) is 22.5. The molecule has 0 unspecified atom stereocenters. The fourth-order valence-corrected chi connectivity index (χ4v) is 11.0. The van der Waals surface area contributed by atoms with Gasteiger partial charge >= 0.3 is 29.8 Å². The molecular formula is C74H100O15. The number of benzene rings is 4. The first kappa shape index (κ1) is 72.3. The first-order valence-electron chi connectivity index (χ1n) is 32.8. The molecule has 0 N–H and O–H groups in total. The van der Waals surface area contributed by atoms with Crippen molar-refractivity contribution in [2.75, 3.05) is 33.5 Å². The molecule has 0 radical (unpaired) electrons. The molecule has 0 spiro atoms. The number of carbonyl (C=O) groups is 6. The van der Waals surface area contributed by atoms with E-state index in [-0.39, 0.29) is 64.3 Å². The average molecular weight is 1230 g/mol. The maximum atomic E-state index is 13.2. The van der Waals surface area contributed by atoms with Crippen LogP contribution in [0.1, 0.15) is 243 Å². The van der Waals surface area contributed by atoms with Crippen LogP contribution in [-0.2, 0) is 105 Å². The van der Waals surface area contributed by atoms with Gasteiger partial charge in [0.2, 0.25) is 0 Å². The maximum Gasteiger partial charge on any atom is 0.330 e. The molecule has 0 heterocycles. The van der Waals surface area contributed by atoms with E-state index in [9.17, 15) is 28.8 Å². The van der Waals surface area contributed by atoms with Crippen molar-refractivity contribution < 1.29 is 71.4 Å². The highest BCUT2D eigenvalue weighted by Crippen LogP contribution is 2.42. The molecule has 89 heavy (non-hydrogen) atoms. The van der Waals surface area contributed by atoms with Gasteiger partial charge in [-0.3, -0.25) is 19.2 Å². The summed E-state index contributed by atoms with van der Waals surface area (Å²) < 4.78 is 56.4. The second kappa shape index (κ2) is 41.0. The van der Waals surface area contributed by atoms with Crippen molar-refractivity contribution in [3.8, 4) is 23.0 Å². The zero-order valence-electron chi connectivity index (χ0n) is 54.4. The van der Waals surface area contributed by atoms with Crippen LogP contribution in [0.2, 0.25) is 0 Å². The molecule has 15 heteroatoms. The lowest BCUT2D eigenvalue weighted by Gasteiger charge is -2.25. The summed E-state index contributed by atoms with van der Waals surface area (Å²) in [6.45, 7) is 18.6. The highest BCUT2D eigenvalue weighted by atomic mass is 16.6. The van der Waals surface area contributed by atoms with Crippen LogP contribution in [0.25, 0.3) is 0 Å². The van der Waals surface area contributed by atoms with Crippen LogP contribution in [0.4, 0.5) is 0 Å². The lowest BCUT2D eigenvalue weighted by atomic mass is 9.88. The smallest absolute Gasteiger partial charge is 0.330 e. The summed E-state index contributed by atoms with van der Waals surface area (Å²) in [5.74, 6) is -1.04. The van der Waals surface area contributed by atoms with E-state index in [1.807, 2.05) is 48.5 Å². The molecule has 0 aliphatic heterocycles. The Labute approximate surface area is 529 Å². The second-order valence-corrected chi connectivity index (χ2v) is 23.3. The number of ether oxygens (including phenoxy) is 9. The minimum absolute atomic E-state index is 0.0797. The third-order valence-corrected chi connectivity index (χ3v) is 15.5. The summed E-state index contributed by atoms with van der Waals surface area (Å²) in [5.41, 5.74) is 8.89. The summed E-state index contributed by atoms with van der Waals surface area (Å²) in [4.78, 5) is 76.6. The van der Waals surface area contributed by atoms with Crippen molar-refractivity contribution in [3.05, 3.63) is 141 Å². The van der Waals surface area contributed by atoms with Gasteiger partial charge in [-0.2, -0.15) is 0 Å². The number of esters is 5. The largest absolute Gasteiger partial charge is 0.493 e. The van der Waals surface area contributed by atoms with Crippen LogP contribution in [0, 0.1) is 0 Å². The Kier molecular flexibility index (Phi) is 33.3. The second-order valence-electron chi connectivity index (χ2n) is 23.3. The van der Waals surface area contributed by atoms with Crippen LogP contribution in [0.5, 0.6) is 23.0 Å². The zero-order chi connectivity index (χ0) is 64.2. The van der Waals surface area contributed by atoms with Crippen LogP contribution in [0.15, 0.2) is 73.8 Å². The summed E-state index contributed by atoms with van der Waals surface area (Å²) in [6, 6.07) is 16.0. The quantitative estimate of drug-likeness (QED) is 0.0118. The normalized spacial score (nSPS) is 11.7. The Bertz CT molecular complexity index is 2790. The van der Waals surface area contributed by atoms with E-state index < -0.39 is 36.3 Å². The van der Waals surface area contributed by atoms with Gasteiger partial charge in [0.1, 0.15) is 68.1 Å². The molecule has 1 aliphatic rings. The topological polar surface area (TPSA) is 185 Å². The molecular weight excluding hydrogens is 1130 g/mol. The summed E-state index contributed by atoms with van der Waals surface area (Å²) in [5, 5.41) is 0. The Balaban J connectivity index is 1.95. The van der Waals surface area contributed by atoms with E-state index in [2.05, 4.69) is 40.9 Å². The fourth-order valence-electron chi connectivity index (χ4n) is 11.0. The standard InChI is InChI=1S/C74H100O15/c1-9-15-19-23-27-31-82-71-58-36-54(49-86-66(76)13-5)38-60(71)46-64-42-57(52-89-70(80)48-68(78)81-8)43-65(74(64)85-34-30-26-22-18-12-4)47-61-39-55(50-87-67(77)14-6)37-59(72(61)83-32-28-24-20-16-10-2)45-63-41-56(51-88-69(79)35-53(7)75)40-62(44-58)73(63)84-33-29-25-21-17-11-3/h13-14,36-43H,5-6,9-12,15-35,44-52H2,1-4,7-8H3. The van der Waals surface area contributed by atoms with E-state index in [1.165, 1.54) is 14.0 Å². The SMILES string of the molecule is C=CC(=O)OCc1cc2c(OCCCCCCC)c(c1)Cc1cc(COC(=O)CC(=O)OC)cc(c1OCCCCCCC)Cc1cc(COC(=O)C=C)cc(c1OCCCCCCC)Cc1cc(COC(=O)CC(C)=O)cc(c1OCCCCCCC)C2. The lowest BCUT2D eigenvalue weighted by Crippen LogP contribution is -2.14. The third kappa shape index (κ3) is 25.9. The van der Waals surface area contributed by atoms with Crippen molar-refractivity contribution in [2.45, 2.75) is 228 Å². The summed E-state index contributed by atoms with van der Waals surface area (Å²) in [7, 11) is 1.22. The molecule has 0 aromatic heterocycles. The number of Topliss-reactive ketones (excluding diaryl/α,β-unsaturated/α-hetero) is 1. The number of rotatable bonds is 42. The van der Waals surface area contributed by atoms with Crippen molar-refractivity contribution >= 4 is 35.6 Å². The van der Waals surface area contributed by atoms with Gasteiger partial charge in [0.25, 0.3) is 0 Å². The average Bonchev–Trinajstić information content (AvgIpc) is 0.871. The van der Waals surface area contributed by atoms with Crippen molar-refractivity contribution in [2.24, 2.45) is 0 Å². The number of methoxy groups -OCH3 is 1. The first-order valence-corrected chi connectivity index (χ1v) is 32.8. The van der Waals surface area contributed by atoms with E-state index in [1.54, 1.807) is 0 Å². The van der Waals surface area contributed by atoms with Gasteiger partial charge in [0.15, 0.2) is 0 Å². The number of unbranched alkanes of at least 4 members (excludes halogenated alkanes) is 16. The van der Waals surface area contributed by atoms with Gasteiger partial charge in [-0.25, -0.2) is 9.59 Å². The van der Waals surface area contributed by atoms with Gasteiger partial charge in [0, 0.05) is 37.8 Å². The van der Waals surface area contributed by atoms with E-state index in [4.69, 9.17) is 42.6 Å². The number of ketones is 1. The van der Waals surface area contributed by atoms with Crippen LogP contribution in [-0.4, -0.2) is 69.2 Å². The number of carbonyl (C=O) groups excluding carboxylic acids is 6. The van der Waals surface area contributed by atoms with Crippen molar-refractivity contribution in [1.82, 2.24) is 0 Å². The van der Waals surface area contributed by atoms with E-state index in [0.717, 1.165) is 185 Å². The van der Waals surface area contributed by atoms with Crippen molar-refractivity contribution in [3.63, 3.8) is 0 Å². The van der Waals surface area contributed by atoms with Gasteiger partial charge in [-0.1, -0.05) is 144 Å². The van der Waals surface area contributed by atoms with Gasteiger partial charge in [-0.15, -0.1) is 0 Å². The summed E-state index contributed by atoms with van der Waals surface area (Å²) >= 11 is 0. The molecule has 15 nitrogen and oxygen atoms in total. The minimum Gasteiger partial charge on any atom is -0.493 e. The van der Waals surface area contributed by atoms with Gasteiger partial charge in [0.05, 0.1) is 33.5 Å². The fraction of sp³-hybridized carbons (Fsp3) is 0.541. The van der Waals surface area contributed by atoms with E-state index >= 15 is 0 Å². The predicted molar refractivity (Wildman–Crippen MR) is 346 cm³/mol. The molecule has 0 atom stereocenters. The van der Waals surface area contributed by atoms with Gasteiger partial charge in [-0.05, 0) is 148 Å². The third-order valence-electron chi connectivity index (χ3n) is 15.5. The predicted octanol–water partition coefficient (Wildman–Crippen LogP) is 15.8. The molecule has 486 valence electrons. The monoisotopic (exact) mass is 1230 g/mol. The molecule has 5 rings (SSSR count). The minimum atomic E-state index is -0.746. The Hall–Kier alpha value is -7.42. The highest BCUT2D eigenvalue weighted by Gasteiger charge is 2.26. The molecule has 0 saturated heterocycles. The molecule has 4 aromatic carbocycles. The first-order chi connectivity index (χ1) is 43.2. The molecule has 0 fully saturated rings. The number of hydrogen-bond acceptors (Lipinski definition) is 15. The number of fused-ring (bicyclic) bond motifs is 8. The number of hydrogen-bond donors (Lipinski definition) is 0. The Morgan fingerprint density at radius 1 is 0.360 bits per heavy atom. The van der Waals surface area contributed by atoms with Gasteiger partial charge < -0.3 is 42.6 Å². The Morgan fingerprint density at radius 3 is 0.843 bits per heavy atom. The molecule has 0 saturated carbocycles. The lowest BCUT2D eigenvalue weighted by molar-refractivity contribution is -0.154. The Morgan fingerprint density at radius 2 is 0.607 bits per heavy atom. The highest BCUT2D eigenvalue weighted by molar-refractivity contribution is 5.94. The van der Waals surface area contributed by atoms with E-state index in [0.29, 0.717) is 71.7 Å². The molecule has 4 aromatic rings. The maximum absolute atomic E-state index is 13.2. The van der Waals surface area contributed by atoms with Crippen molar-refractivity contribution in [1.29, 1.82) is 0 Å².